The van der Waals surface area contributed by atoms with Crippen LogP contribution in [0.5, 0.6) is 5.75 Å². The van der Waals surface area contributed by atoms with Gasteiger partial charge in [-0.25, -0.2) is 0 Å². The van der Waals surface area contributed by atoms with E-state index in [4.69, 9.17) is 27.7 Å². The molecule has 0 radical (unpaired) electrons. The van der Waals surface area contributed by atoms with Crippen LogP contribution >= 0.6 is 7.60 Å². The van der Waals surface area contributed by atoms with Gasteiger partial charge >= 0.3 is 13.6 Å². The Morgan fingerprint density at radius 3 is 2.03 bits per heavy atom. The molecule has 1 aromatic rings. The van der Waals surface area contributed by atoms with Gasteiger partial charge in [0.25, 0.3) is 0 Å². The standard InChI is InChI=1S/C27H49O8PSi/c1-11-31-26(28)25(36(29,33-12-2)34-13-3)18-21(4)24(20-35-37(9,10)27(5,6)7)32-19-22-14-16-23(30-8)17-15-22/h14-17,21,24-25H,11-13,18-20H2,1-10H3/t21-,24+,25+/m0/s1. The van der Waals surface area contributed by atoms with E-state index >= 15 is 0 Å². The van der Waals surface area contributed by atoms with Crippen molar-refractivity contribution in [1.82, 2.24) is 0 Å². The molecule has 0 aromatic heterocycles. The highest BCUT2D eigenvalue weighted by molar-refractivity contribution is 7.55. The molecule has 8 nitrogen and oxygen atoms in total. The number of hydrogen-bond donors (Lipinski definition) is 0. The predicted octanol–water partition coefficient (Wildman–Crippen LogP) is 6.83. The van der Waals surface area contributed by atoms with Crippen molar-refractivity contribution in [2.45, 2.75) is 91.4 Å². The Labute approximate surface area is 225 Å². The summed E-state index contributed by atoms with van der Waals surface area (Å²) in [4.78, 5) is 13.0. The largest absolute Gasteiger partial charge is 0.497 e. The normalized spacial score (nSPS) is 15.2. The highest BCUT2D eigenvalue weighted by atomic mass is 31.2. The van der Waals surface area contributed by atoms with Crippen molar-refractivity contribution in [3.63, 3.8) is 0 Å². The summed E-state index contributed by atoms with van der Waals surface area (Å²) < 4.78 is 48.2. The smallest absolute Gasteiger partial charge is 0.344 e. The summed E-state index contributed by atoms with van der Waals surface area (Å²) in [5, 5.41) is 0.0316. The number of carbonyl (C=O) groups excluding carboxylic acids is 1. The van der Waals surface area contributed by atoms with E-state index in [1.54, 1.807) is 27.9 Å². The summed E-state index contributed by atoms with van der Waals surface area (Å²) in [6, 6.07) is 7.69. The Morgan fingerprint density at radius 1 is 1.00 bits per heavy atom. The zero-order chi connectivity index (χ0) is 28.3. The van der Waals surface area contributed by atoms with Crippen molar-refractivity contribution in [3.05, 3.63) is 29.8 Å². The van der Waals surface area contributed by atoms with Gasteiger partial charge in [0, 0.05) is 0 Å². The van der Waals surface area contributed by atoms with E-state index in [1.807, 2.05) is 31.2 Å². The first-order valence-corrected chi connectivity index (χ1v) is 17.7. The molecule has 0 aliphatic carbocycles. The Bertz CT molecular complexity index is 843. The topological polar surface area (TPSA) is 89.5 Å². The van der Waals surface area contributed by atoms with E-state index in [2.05, 4.69) is 33.9 Å². The fourth-order valence-corrected chi connectivity index (χ4v) is 6.57. The second kappa shape index (κ2) is 15.4. The summed E-state index contributed by atoms with van der Waals surface area (Å²) in [5.74, 6) is -0.0136. The van der Waals surface area contributed by atoms with Gasteiger partial charge in [0.15, 0.2) is 14.0 Å². The Hall–Kier alpha value is -1.22. The zero-order valence-electron chi connectivity index (χ0n) is 24.5. The van der Waals surface area contributed by atoms with Crippen LogP contribution in [0.25, 0.3) is 0 Å². The number of esters is 1. The minimum atomic E-state index is -3.75. The molecule has 0 unspecified atom stereocenters. The quantitative estimate of drug-likeness (QED) is 0.116. The summed E-state index contributed by atoms with van der Waals surface area (Å²) in [6.07, 6.45) is -0.144. The van der Waals surface area contributed by atoms with Gasteiger partial charge in [-0.2, -0.15) is 0 Å². The summed E-state index contributed by atoms with van der Waals surface area (Å²) in [7, 11) is -4.18. The molecule has 37 heavy (non-hydrogen) atoms. The molecule has 214 valence electrons. The van der Waals surface area contributed by atoms with Crippen molar-refractivity contribution in [2.75, 3.05) is 33.5 Å². The summed E-state index contributed by atoms with van der Waals surface area (Å²) in [5.41, 5.74) is -0.0659. The average molecular weight is 561 g/mol. The highest BCUT2D eigenvalue weighted by Crippen LogP contribution is 2.55. The molecule has 0 saturated heterocycles. The third-order valence-corrected chi connectivity index (χ3v) is 13.7. The van der Waals surface area contributed by atoms with E-state index in [9.17, 15) is 9.36 Å². The van der Waals surface area contributed by atoms with Crippen molar-refractivity contribution in [2.24, 2.45) is 5.92 Å². The number of hydrogen-bond acceptors (Lipinski definition) is 8. The molecule has 3 atom stereocenters. The lowest BCUT2D eigenvalue weighted by molar-refractivity contribution is -0.143. The molecule has 0 aliphatic rings. The monoisotopic (exact) mass is 560 g/mol. The number of rotatable bonds is 17. The van der Waals surface area contributed by atoms with Crippen LogP contribution in [0.4, 0.5) is 0 Å². The second-order valence-corrected chi connectivity index (χ2v) is 17.7. The maximum atomic E-state index is 13.7. The van der Waals surface area contributed by atoms with E-state index < -0.39 is 27.5 Å². The van der Waals surface area contributed by atoms with Crippen LogP contribution in [0.15, 0.2) is 24.3 Å². The van der Waals surface area contributed by atoms with Gasteiger partial charge < -0.3 is 27.7 Å². The number of methoxy groups -OCH3 is 1. The molecule has 0 N–H and O–H groups in total. The molecule has 1 rings (SSSR count). The number of ether oxygens (including phenoxy) is 3. The van der Waals surface area contributed by atoms with Crippen molar-refractivity contribution < 1.29 is 37.0 Å². The van der Waals surface area contributed by atoms with Crippen molar-refractivity contribution >= 4 is 21.9 Å². The molecule has 0 saturated carbocycles. The summed E-state index contributed by atoms with van der Waals surface area (Å²) in [6.45, 7) is 19.3. The van der Waals surface area contributed by atoms with E-state index in [0.29, 0.717) is 13.2 Å². The lowest BCUT2D eigenvalue weighted by Gasteiger charge is -2.38. The van der Waals surface area contributed by atoms with Gasteiger partial charge in [-0.1, -0.05) is 39.8 Å². The summed E-state index contributed by atoms with van der Waals surface area (Å²) >= 11 is 0. The van der Waals surface area contributed by atoms with Gasteiger partial charge in [-0.05, 0) is 68.9 Å². The molecule has 1 aromatic carbocycles. The van der Waals surface area contributed by atoms with Crippen LogP contribution in [0.2, 0.25) is 18.1 Å². The molecule has 0 amide bonds. The second-order valence-electron chi connectivity index (χ2n) is 10.6. The third-order valence-electron chi connectivity index (χ3n) is 6.83. The van der Waals surface area contributed by atoms with Crippen LogP contribution < -0.4 is 4.74 Å². The van der Waals surface area contributed by atoms with E-state index in [-0.39, 0.29) is 43.3 Å². The van der Waals surface area contributed by atoms with Gasteiger partial charge in [-0.15, -0.1) is 0 Å². The Morgan fingerprint density at radius 2 is 1.57 bits per heavy atom. The van der Waals surface area contributed by atoms with Crippen LogP contribution in [-0.4, -0.2) is 59.6 Å². The average Bonchev–Trinajstić information content (AvgIpc) is 2.82. The van der Waals surface area contributed by atoms with Crippen molar-refractivity contribution in [1.29, 1.82) is 0 Å². The number of carbonyl (C=O) groups is 1. The highest BCUT2D eigenvalue weighted by Gasteiger charge is 2.44. The maximum Gasteiger partial charge on any atom is 0.344 e. The molecule has 0 fully saturated rings. The van der Waals surface area contributed by atoms with Gasteiger partial charge in [0.05, 0.1) is 46.2 Å². The minimum Gasteiger partial charge on any atom is -0.497 e. The Balaban J connectivity index is 3.21. The molecule has 0 aliphatic heterocycles. The van der Waals surface area contributed by atoms with Gasteiger partial charge in [0.2, 0.25) is 0 Å². The van der Waals surface area contributed by atoms with Crippen LogP contribution in [-0.2, 0) is 38.9 Å². The van der Waals surface area contributed by atoms with E-state index in [0.717, 1.165) is 11.3 Å². The molecular weight excluding hydrogens is 511 g/mol. The van der Waals surface area contributed by atoms with Crippen LogP contribution in [0, 0.1) is 5.92 Å². The third kappa shape index (κ3) is 10.5. The molecular formula is C27H49O8PSi. The predicted molar refractivity (Wildman–Crippen MR) is 150 cm³/mol. The zero-order valence-corrected chi connectivity index (χ0v) is 26.4. The molecule has 10 heteroatoms. The van der Waals surface area contributed by atoms with Crippen LogP contribution in [0.3, 0.4) is 0 Å². The number of benzene rings is 1. The van der Waals surface area contributed by atoms with Gasteiger partial charge in [0.1, 0.15) is 5.75 Å². The fourth-order valence-electron chi connectivity index (χ4n) is 3.48. The molecule has 0 spiro atoms. The minimum absolute atomic E-state index is 0.0316. The molecule has 0 bridgehead atoms. The Kier molecular flexibility index (Phi) is 14.1. The first kappa shape index (κ1) is 33.8. The van der Waals surface area contributed by atoms with Crippen molar-refractivity contribution in [3.8, 4) is 5.75 Å². The molecule has 0 heterocycles. The first-order chi connectivity index (χ1) is 17.2. The van der Waals surface area contributed by atoms with Crippen LogP contribution in [0.1, 0.15) is 60.5 Å². The first-order valence-electron chi connectivity index (χ1n) is 13.2. The fraction of sp³-hybridized carbons (Fsp3) is 0.741. The van der Waals surface area contributed by atoms with E-state index in [1.165, 1.54) is 0 Å². The van der Waals surface area contributed by atoms with Gasteiger partial charge in [-0.3, -0.25) is 9.36 Å². The lowest BCUT2D eigenvalue weighted by atomic mass is 9.99. The lowest BCUT2D eigenvalue weighted by Crippen LogP contribution is -2.44. The maximum absolute atomic E-state index is 13.7. The SMILES string of the molecule is CCOC(=O)[C@@H](C[C@H](C)[C@@H](CO[Si](C)(C)C(C)(C)C)OCc1ccc(OC)cc1)P(=O)(OCC)OCC.